The molecule has 3 aromatic rings. The van der Waals surface area contributed by atoms with Crippen LogP contribution in [-0.4, -0.2) is 16.9 Å². The fraction of sp³-hybridized carbons (Fsp3) is 0.176. The van der Waals surface area contributed by atoms with E-state index in [9.17, 15) is 0 Å². The second kappa shape index (κ2) is 8.25. The van der Waals surface area contributed by atoms with E-state index >= 15 is 0 Å². The molecule has 1 aromatic carbocycles. The number of aromatic nitrogens is 3. The number of azo groups is 1. The molecule has 3 rings (SSSR count). The number of hydrogen-bond donors (Lipinski definition) is 1. The zero-order valence-electron chi connectivity index (χ0n) is 14.0. The van der Waals surface area contributed by atoms with Gasteiger partial charge in [-0.2, -0.15) is 10.2 Å². The van der Waals surface area contributed by atoms with Crippen molar-refractivity contribution in [2.24, 2.45) is 17.3 Å². The van der Waals surface area contributed by atoms with Crippen LogP contribution in [0.2, 0.25) is 0 Å². The molecule has 0 aliphatic heterocycles. The number of nitrogens with two attached hydrogens (primary N) is 1. The molecule has 130 valence electrons. The van der Waals surface area contributed by atoms with E-state index in [1.165, 1.54) is 0 Å². The molecule has 2 heterocycles. The molecule has 0 fully saturated rings. The number of ether oxygens (including phenoxy) is 1. The summed E-state index contributed by atoms with van der Waals surface area (Å²) in [5.41, 5.74) is 8.49. The predicted octanol–water partition coefficient (Wildman–Crippen LogP) is -0.234. The van der Waals surface area contributed by atoms with Gasteiger partial charge in [-0.3, -0.25) is 0 Å². The highest BCUT2D eigenvalue weighted by Crippen LogP contribution is 2.25. The molecular formula is C17H19ClN6O. The number of benzene rings is 1. The van der Waals surface area contributed by atoms with E-state index in [-0.39, 0.29) is 12.4 Å². The average Bonchev–Trinajstić information content (AvgIpc) is 2.94. The number of nitrogen functional groups attached to an aromatic ring is 1. The van der Waals surface area contributed by atoms with Crippen LogP contribution >= 0.6 is 0 Å². The van der Waals surface area contributed by atoms with E-state index in [2.05, 4.69) is 15.3 Å². The van der Waals surface area contributed by atoms with Gasteiger partial charge in [-0.25, -0.2) is 9.25 Å². The summed E-state index contributed by atoms with van der Waals surface area (Å²) >= 11 is 0. The van der Waals surface area contributed by atoms with Crippen molar-refractivity contribution in [3.05, 3.63) is 60.6 Å². The molecule has 2 aromatic heterocycles. The number of hydrogen-bond acceptors (Lipinski definition) is 5. The van der Waals surface area contributed by atoms with Crippen molar-refractivity contribution in [1.82, 2.24) is 9.78 Å². The first kappa shape index (κ1) is 18.4. The number of aryl methyl sites for hydroxylation is 1. The lowest BCUT2D eigenvalue weighted by Crippen LogP contribution is -3.00. The van der Waals surface area contributed by atoms with Gasteiger partial charge in [0.25, 0.3) is 0 Å². The highest BCUT2D eigenvalue weighted by molar-refractivity contribution is 5.56. The third kappa shape index (κ3) is 4.54. The van der Waals surface area contributed by atoms with Gasteiger partial charge >= 0.3 is 0 Å². The smallest absolute Gasteiger partial charge is 0.173 e. The number of pyridine rings is 1. The maximum atomic E-state index is 6.12. The quantitative estimate of drug-likeness (QED) is 0.505. The molecule has 0 aliphatic carbocycles. The van der Waals surface area contributed by atoms with E-state index in [0.717, 1.165) is 17.0 Å². The second-order valence-electron chi connectivity index (χ2n) is 5.35. The van der Waals surface area contributed by atoms with E-state index in [4.69, 9.17) is 10.5 Å². The SMILES string of the molecule is COc1ccc(N=Nc2cnn(Cc3ccc[n+](C)c3)c2N)cc1.[Cl-]. The maximum Gasteiger partial charge on any atom is 0.173 e. The van der Waals surface area contributed by atoms with Crippen molar-refractivity contribution < 1.29 is 21.7 Å². The zero-order chi connectivity index (χ0) is 16.9. The van der Waals surface area contributed by atoms with Crippen LogP contribution in [0.25, 0.3) is 0 Å². The third-order valence-electron chi connectivity index (χ3n) is 3.54. The van der Waals surface area contributed by atoms with Crippen LogP contribution in [0.15, 0.2) is 65.2 Å². The number of halogens is 1. The Hall–Kier alpha value is -2.93. The molecule has 0 saturated carbocycles. The van der Waals surface area contributed by atoms with Gasteiger partial charge in [0.05, 0.1) is 25.5 Å². The highest BCUT2D eigenvalue weighted by atomic mass is 35.5. The summed E-state index contributed by atoms with van der Waals surface area (Å²) in [6, 6.07) is 11.3. The van der Waals surface area contributed by atoms with Crippen LogP contribution in [0.5, 0.6) is 5.75 Å². The van der Waals surface area contributed by atoms with Crippen molar-refractivity contribution in [2.45, 2.75) is 6.54 Å². The molecule has 0 atom stereocenters. The predicted molar refractivity (Wildman–Crippen MR) is 90.5 cm³/mol. The van der Waals surface area contributed by atoms with Gasteiger partial charge in [-0.05, 0) is 30.3 Å². The van der Waals surface area contributed by atoms with Crippen molar-refractivity contribution in [1.29, 1.82) is 0 Å². The van der Waals surface area contributed by atoms with E-state index in [1.807, 2.05) is 60.4 Å². The molecule has 25 heavy (non-hydrogen) atoms. The monoisotopic (exact) mass is 358 g/mol. The molecule has 0 spiro atoms. The maximum absolute atomic E-state index is 6.12. The van der Waals surface area contributed by atoms with Gasteiger partial charge < -0.3 is 22.9 Å². The van der Waals surface area contributed by atoms with E-state index < -0.39 is 0 Å². The van der Waals surface area contributed by atoms with Crippen molar-refractivity contribution in [3.8, 4) is 5.75 Å². The molecule has 0 bridgehead atoms. The lowest BCUT2D eigenvalue weighted by molar-refractivity contribution is -0.671. The Labute approximate surface area is 152 Å². The summed E-state index contributed by atoms with van der Waals surface area (Å²) < 4.78 is 8.80. The Morgan fingerprint density at radius 2 is 1.96 bits per heavy atom. The Morgan fingerprint density at radius 3 is 2.64 bits per heavy atom. The van der Waals surface area contributed by atoms with Crippen LogP contribution < -0.4 is 27.4 Å². The summed E-state index contributed by atoms with van der Waals surface area (Å²) in [6.07, 6.45) is 5.62. The molecule has 0 aliphatic rings. The molecule has 0 saturated heterocycles. The fourth-order valence-electron chi connectivity index (χ4n) is 2.26. The molecule has 0 radical (unpaired) electrons. The van der Waals surface area contributed by atoms with Gasteiger partial charge in [0.2, 0.25) is 0 Å². The fourth-order valence-corrected chi connectivity index (χ4v) is 2.26. The lowest BCUT2D eigenvalue weighted by atomic mass is 10.3. The number of anilines is 1. The normalized spacial score (nSPS) is 10.6. The first-order chi connectivity index (χ1) is 11.7. The summed E-state index contributed by atoms with van der Waals surface area (Å²) in [7, 11) is 3.60. The average molecular weight is 359 g/mol. The lowest BCUT2D eigenvalue weighted by Gasteiger charge is -2.03. The summed E-state index contributed by atoms with van der Waals surface area (Å²) in [6.45, 7) is 0.582. The summed E-state index contributed by atoms with van der Waals surface area (Å²) in [4.78, 5) is 0. The summed E-state index contributed by atoms with van der Waals surface area (Å²) in [5.74, 6) is 1.26. The minimum atomic E-state index is 0. The molecule has 8 heteroatoms. The van der Waals surface area contributed by atoms with E-state index in [1.54, 1.807) is 18.0 Å². The number of rotatable bonds is 5. The molecule has 2 N–H and O–H groups in total. The summed E-state index contributed by atoms with van der Waals surface area (Å²) in [5, 5.41) is 12.7. The van der Waals surface area contributed by atoms with Gasteiger partial charge in [0.15, 0.2) is 12.4 Å². The Bertz CT molecular complexity index is 860. The first-order valence-electron chi connectivity index (χ1n) is 7.47. The van der Waals surface area contributed by atoms with E-state index in [0.29, 0.717) is 18.1 Å². The molecule has 0 unspecified atom stereocenters. The van der Waals surface area contributed by atoms with Gasteiger partial charge in [0, 0.05) is 11.6 Å². The first-order valence-corrected chi connectivity index (χ1v) is 7.47. The molecule has 0 amide bonds. The Kier molecular flexibility index (Phi) is 6.08. The van der Waals surface area contributed by atoms with Crippen LogP contribution in [0.3, 0.4) is 0 Å². The van der Waals surface area contributed by atoms with Crippen molar-refractivity contribution in [3.63, 3.8) is 0 Å². The van der Waals surface area contributed by atoms with Gasteiger partial charge in [0.1, 0.15) is 24.3 Å². The standard InChI is InChI=1S/C17H19N6O.ClH/c1-22-9-3-4-13(11-22)12-23-17(18)16(10-19-23)21-20-14-5-7-15(24-2)8-6-14;/h3-11H,12,18H2,1-2H3;1H/q+1;/p-1. The van der Waals surface area contributed by atoms with Crippen LogP contribution in [0.1, 0.15) is 5.56 Å². The van der Waals surface area contributed by atoms with Crippen molar-refractivity contribution >= 4 is 17.2 Å². The van der Waals surface area contributed by atoms with Crippen LogP contribution in [-0.2, 0) is 13.6 Å². The zero-order valence-corrected chi connectivity index (χ0v) is 14.8. The Morgan fingerprint density at radius 1 is 1.20 bits per heavy atom. The second-order valence-corrected chi connectivity index (χ2v) is 5.35. The van der Waals surface area contributed by atoms with Gasteiger partial charge in [-0.15, -0.1) is 5.11 Å². The highest BCUT2D eigenvalue weighted by Gasteiger charge is 2.09. The van der Waals surface area contributed by atoms with Crippen LogP contribution in [0, 0.1) is 0 Å². The Balaban J connectivity index is 0.00000225. The topological polar surface area (TPSA) is 81.7 Å². The largest absolute Gasteiger partial charge is 1.00 e. The number of methoxy groups -OCH3 is 1. The van der Waals surface area contributed by atoms with Crippen LogP contribution in [0.4, 0.5) is 17.2 Å². The minimum Gasteiger partial charge on any atom is -1.00 e. The van der Waals surface area contributed by atoms with Crippen molar-refractivity contribution in [2.75, 3.05) is 12.8 Å². The minimum absolute atomic E-state index is 0. The molecule has 7 nitrogen and oxygen atoms in total. The van der Waals surface area contributed by atoms with Gasteiger partial charge in [-0.1, -0.05) is 0 Å². The third-order valence-corrected chi connectivity index (χ3v) is 3.54. The number of nitrogens with zero attached hydrogens (tertiary/aromatic N) is 5. The molecular weight excluding hydrogens is 340 g/mol.